The van der Waals surface area contributed by atoms with Crippen molar-refractivity contribution in [2.24, 2.45) is 17.3 Å². The molecule has 0 radical (unpaired) electrons. The summed E-state index contributed by atoms with van der Waals surface area (Å²) in [5.74, 6) is -0.739. The fraction of sp³-hybridized carbons (Fsp3) is 0.735. The molecule has 47 heavy (non-hydrogen) atoms. The highest BCUT2D eigenvalue weighted by Crippen LogP contribution is 2.65. The third-order valence-corrected chi connectivity index (χ3v) is 11.1. The fourth-order valence-corrected chi connectivity index (χ4v) is 8.39. The molecule has 3 aliphatic carbocycles. The molecule has 7 unspecified atom stereocenters. The molecule has 13 heteroatoms. The van der Waals surface area contributed by atoms with Crippen LogP contribution in [0.2, 0.25) is 0 Å². The number of carboxylic acids is 1. The number of hydrogen-bond donors (Lipinski definition) is 2. The van der Waals surface area contributed by atoms with E-state index in [1.165, 1.54) is 13.2 Å². The van der Waals surface area contributed by atoms with E-state index >= 15 is 0 Å². The molecule has 2 amide bonds. The Morgan fingerprint density at radius 3 is 2.53 bits per heavy atom. The smallest absolute Gasteiger partial charge is 0.482 e. The van der Waals surface area contributed by atoms with E-state index in [0.717, 1.165) is 12.8 Å². The molecule has 5 fully saturated rings. The maximum atomic E-state index is 13.7. The van der Waals surface area contributed by atoms with Crippen LogP contribution < -0.4 is 10.1 Å². The normalized spacial score (nSPS) is 30.5. The van der Waals surface area contributed by atoms with Gasteiger partial charge in [0.05, 0.1) is 43.4 Å². The van der Waals surface area contributed by atoms with Crippen LogP contribution in [0.4, 0.5) is 4.79 Å². The van der Waals surface area contributed by atoms with Crippen LogP contribution in [0.1, 0.15) is 76.7 Å². The number of rotatable bonds is 10. The average Bonchev–Trinajstić information content (AvgIpc) is 3.36. The van der Waals surface area contributed by atoms with Crippen molar-refractivity contribution < 1.29 is 43.0 Å². The minimum atomic E-state index is -1.09. The Bertz CT molecular complexity index is 1350. The molecule has 0 aromatic heterocycles. The van der Waals surface area contributed by atoms with Crippen molar-refractivity contribution in [1.29, 1.82) is 0 Å². The number of benzene rings is 1. The summed E-state index contributed by atoms with van der Waals surface area (Å²) in [6, 6.07) is 4.79. The monoisotopic (exact) mass is 657 g/mol. The van der Waals surface area contributed by atoms with Crippen molar-refractivity contribution in [3.05, 3.63) is 29.3 Å². The molecule has 2 aliphatic heterocycles. The van der Waals surface area contributed by atoms with Gasteiger partial charge in [0.2, 0.25) is 5.91 Å². The summed E-state index contributed by atoms with van der Waals surface area (Å²) in [6.07, 6.45) is 2.06. The Labute approximate surface area is 278 Å². The van der Waals surface area contributed by atoms with Crippen LogP contribution in [-0.4, -0.2) is 116 Å². The zero-order valence-corrected chi connectivity index (χ0v) is 29.3. The molecule has 12 nitrogen and oxygen atoms in total. The number of likely N-dealkylation sites (tertiary alicyclic amines) is 1. The average molecular weight is 658 g/mol. The van der Waals surface area contributed by atoms with Crippen LogP contribution in [0.15, 0.2) is 18.2 Å². The molecule has 7 atom stereocenters. The van der Waals surface area contributed by atoms with Crippen molar-refractivity contribution in [3.63, 3.8) is 0 Å². The molecule has 5 aliphatic rings. The number of carbonyl (C=O) groups is 3. The van der Waals surface area contributed by atoms with Crippen molar-refractivity contribution in [3.8, 4) is 5.75 Å². The first-order chi connectivity index (χ1) is 22.0. The second-order valence-corrected chi connectivity index (χ2v) is 15.5. The number of piperidine rings is 1. The van der Waals surface area contributed by atoms with Gasteiger partial charge in [-0.3, -0.25) is 9.69 Å². The van der Waals surface area contributed by atoms with Gasteiger partial charge in [-0.1, -0.05) is 26.0 Å². The number of nitrogens with one attached hydrogen (secondary N) is 1. The number of carboxylic acid groups (broad SMARTS) is 1. The van der Waals surface area contributed by atoms with Gasteiger partial charge in [0.25, 0.3) is 0 Å². The number of nitrogens with zero attached hydrogens (tertiary/aromatic N) is 2. The molecule has 3 saturated carbocycles. The van der Waals surface area contributed by atoms with Crippen LogP contribution >= 0.6 is 0 Å². The third kappa shape index (κ3) is 7.00. The SMILES string of the molecule is COc1c(CC(NC(=O)CN2CCC(N(C)C(=O)OC(C)(C)C)C(OC)C2)B2OC3CC4CC(C4(C)C)C3(C)O2)cccc1C(=O)O. The number of aromatic carboxylic acids is 1. The molecule has 1 aromatic carbocycles. The number of para-hydroxylation sites is 1. The zero-order valence-electron chi connectivity index (χ0n) is 29.3. The highest BCUT2D eigenvalue weighted by molar-refractivity contribution is 6.48. The highest BCUT2D eigenvalue weighted by Gasteiger charge is 2.68. The molecule has 0 spiro atoms. The molecule has 260 valence electrons. The topological polar surface area (TPSA) is 136 Å². The maximum Gasteiger partial charge on any atom is 0.482 e. The predicted molar refractivity (Wildman–Crippen MR) is 175 cm³/mol. The van der Waals surface area contributed by atoms with Gasteiger partial charge in [0.15, 0.2) is 0 Å². The number of ether oxygens (including phenoxy) is 3. The van der Waals surface area contributed by atoms with E-state index in [2.05, 4.69) is 26.1 Å². The van der Waals surface area contributed by atoms with Crippen molar-refractivity contribution >= 4 is 25.1 Å². The van der Waals surface area contributed by atoms with Gasteiger partial charge < -0.3 is 38.8 Å². The van der Waals surface area contributed by atoms with E-state index in [0.29, 0.717) is 36.9 Å². The Hall–Kier alpha value is -2.87. The third-order valence-electron chi connectivity index (χ3n) is 11.1. The predicted octanol–water partition coefficient (Wildman–Crippen LogP) is 3.64. The maximum absolute atomic E-state index is 13.7. The van der Waals surface area contributed by atoms with E-state index in [9.17, 15) is 19.5 Å². The summed E-state index contributed by atoms with van der Waals surface area (Å²) in [7, 11) is 4.06. The lowest BCUT2D eigenvalue weighted by molar-refractivity contribution is -0.199. The first-order valence-electron chi connectivity index (χ1n) is 16.7. The molecule has 1 aromatic rings. The van der Waals surface area contributed by atoms with Crippen molar-refractivity contribution in [2.75, 3.05) is 40.9 Å². The Balaban J connectivity index is 1.31. The van der Waals surface area contributed by atoms with Gasteiger partial charge in [0.1, 0.15) is 16.9 Å². The fourth-order valence-electron chi connectivity index (χ4n) is 8.39. The molecule has 6 rings (SSSR count). The Morgan fingerprint density at radius 1 is 1.19 bits per heavy atom. The molecule has 2 saturated heterocycles. The summed E-state index contributed by atoms with van der Waals surface area (Å²) in [5.41, 5.74) is -0.243. The van der Waals surface area contributed by atoms with Gasteiger partial charge in [-0.05, 0) is 82.3 Å². The summed E-state index contributed by atoms with van der Waals surface area (Å²) in [5, 5.41) is 13.0. The number of carbonyl (C=O) groups excluding carboxylic acids is 2. The van der Waals surface area contributed by atoms with E-state index in [1.807, 2.05) is 31.7 Å². The van der Waals surface area contributed by atoms with Gasteiger partial charge in [-0.25, -0.2) is 9.59 Å². The quantitative estimate of drug-likeness (QED) is 0.359. The molecule has 2 N–H and O–H groups in total. The van der Waals surface area contributed by atoms with E-state index in [1.54, 1.807) is 25.1 Å². The van der Waals surface area contributed by atoms with E-state index in [4.69, 9.17) is 23.5 Å². The zero-order chi connectivity index (χ0) is 34.5. The van der Waals surface area contributed by atoms with Crippen LogP contribution in [0, 0.1) is 17.3 Å². The molecule has 2 heterocycles. The minimum Gasteiger partial charge on any atom is -0.496 e. The number of hydrogen-bond acceptors (Lipinski definition) is 9. The van der Waals surface area contributed by atoms with Crippen LogP contribution in [0.5, 0.6) is 5.75 Å². The minimum absolute atomic E-state index is 0.0522. The van der Waals surface area contributed by atoms with E-state index in [-0.39, 0.29) is 53.9 Å². The summed E-state index contributed by atoms with van der Waals surface area (Å²) in [6.45, 7) is 13.4. The second kappa shape index (κ2) is 13.2. The first kappa shape index (κ1) is 35.4. The Morgan fingerprint density at radius 2 is 1.91 bits per heavy atom. The lowest BCUT2D eigenvalue weighted by atomic mass is 9.43. The summed E-state index contributed by atoms with van der Waals surface area (Å²) >= 11 is 0. The molecular weight excluding hydrogens is 605 g/mol. The number of methoxy groups -OCH3 is 2. The Kier molecular flexibility index (Phi) is 9.96. The van der Waals surface area contributed by atoms with Crippen LogP contribution in [-0.2, 0) is 30.0 Å². The van der Waals surface area contributed by atoms with Gasteiger partial charge in [-0.2, -0.15) is 0 Å². The van der Waals surface area contributed by atoms with E-state index < -0.39 is 36.3 Å². The summed E-state index contributed by atoms with van der Waals surface area (Å²) < 4.78 is 30.3. The standard InChI is InChI=1S/C34H52BN3O9/c1-32(2,3)45-31(42)37(7)23-13-14-38(18-24(23)43-8)19-28(39)36-27(15-20-11-10-12-22(30(40)41)29(20)44-9)35-46-26-17-21-16-25(33(21,4)5)34(26,6)47-35/h10-12,21,23-27H,13-19H2,1-9H3,(H,36,39)(H,40,41). The molecular formula is C34H52BN3O9. The van der Waals surface area contributed by atoms with Gasteiger partial charge in [-0.15, -0.1) is 0 Å². The van der Waals surface area contributed by atoms with Gasteiger partial charge in [0, 0.05) is 27.2 Å². The number of likely N-dealkylation sites (N-methyl/N-ethyl adjacent to an activating group) is 1. The molecule has 2 bridgehead atoms. The van der Waals surface area contributed by atoms with Crippen LogP contribution in [0.25, 0.3) is 0 Å². The highest BCUT2D eigenvalue weighted by atomic mass is 16.7. The lowest BCUT2D eigenvalue weighted by Crippen LogP contribution is -2.65. The summed E-state index contributed by atoms with van der Waals surface area (Å²) in [4.78, 5) is 42.1. The first-order valence-corrected chi connectivity index (χ1v) is 16.7. The van der Waals surface area contributed by atoms with Gasteiger partial charge >= 0.3 is 19.2 Å². The lowest BCUT2D eigenvalue weighted by Gasteiger charge is -2.64. The number of amides is 2. The van der Waals surface area contributed by atoms with Crippen molar-refractivity contribution in [2.45, 2.75) is 103 Å². The van der Waals surface area contributed by atoms with Crippen LogP contribution in [0.3, 0.4) is 0 Å². The second-order valence-electron chi connectivity index (χ2n) is 15.5. The largest absolute Gasteiger partial charge is 0.496 e. The van der Waals surface area contributed by atoms with Crippen molar-refractivity contribution in [1.82, 2.24) is 15.1 Å².